The van der Waals surface area contributed by atoms with Crippen molar-refractivity contribution in [3.63, 3.8) is 0 Å². The van der Waals surface area contributed by atoms with Crippen molar-refractivity contribution >= 4 is 11.6 Å². The Morgan fingerprint density at radius 3 is 2.40 bits per heavy atom. The van der Waals surface area contributed by atoms with Crippen LogP contribution in [0.4, 0.5) is 5.69 Å². The fraction of sp³-hybridized carbons (Fsp3) is 0.364. The Bertz CT molecular complexity index is 374. The molecule has 0 aliphatic carbocycles. The van der Waals surface area contributed by atoms with Crippen molar-refractivity contribution in [3.8, 4) is 11.5 Å². The molecule has 0 bridgehead atoms. The quantitative estimate of drug-likeness (QED) is 0.827. The van der Waals surface area contributed by atoms with Gasteiger partial charge in [-0.2, -0.15) is 0 Å². The summed E-state index contributed by atoms with van der Waals surface area (Å²) in [7, 11) is 3.16. The highest BCUT2D eigenvalue weighted by Crippen LogP contribution is 2.34. The van der Waals surface area contributed by atoms with Crippen molar-refractivity contribution in [2.24, 2.45) is 0 Å². The minimum Gasteiger partial charge on any atom is -0.496 e. The van der Waals surface area contributed by atoms with E-state index >= 15 is 0 Å². The van der Waals surface area contributed by atoms with Crippen LogP contribution in [-0.4, -0.2) is 20.1 Å². The van der Waals surface area contributed by atoms with E-state index in [1.807, 2.05) is 6.92 Å². The molecule has 0 saturated heterocycles. The van der Waals surface area contributed by atoms with E-state index in [1.165, 1.54) is 6.92 Å². The third kappa shape index (κ3) is 2.40. The molecule has 0 atom stereocenters. The standard InChI is InChI=1S/C11H15NO3/c1-7-10(14-3)6-5-9(11(7)15-4)12-8(2)13/h5-6H,1-4H3,(H,12,13). The molecule has 0 radical (unpaired) electrons. The third-order valence-electron chi connectivity index (χ3n) is 2.09. The lowest BCUT2D eigenvalue weighted by Gasteiger charge is -2.14. The number of anilines is 1. The summed E-state index contributed by atoms with van der Waals surface area (Å²) in [5, 5.41) is 2.70. The van der Waals surface area contributed by atoms with Gasteiger partial charge in [-0.15, -0.1) is 0 Å². The van der Waals surface area contributed by atoms with E-state index in [4.69, 9.17) is 9.47 Å². The molecule has 0 aliphatic heterocycles. The number of rotatable bonds is 3. The number of hydrogen-bond acceptors (Lipinski definition) is 3. The first-order valence-electron chi connectivity index (χ1n) is 4.59. The summed E-state index contributed by atoms with van der Waals surface area (Å²) in [6, 6.07) is 3.55. The largest absolute Gasteiger partial charge is 0.496 e. The van der Waals surface area contributed by atoms with Crippen molar-refractivity contribution < 1.29 is 14.3 Å². The summed E-state index contributed by atoms with van der Waals surface area (Å²) < 4.78 is 10.4. The first-order valence-corrected chi connectivity index (χ1v) is 4.59. The van der Waals surface area contributed by atoms with E-state index in [1.54, 1.807) is 26.4 Å². The average molecular weight is 209 g/mol. The van der Waals surface area contributed by atoms with Crippen molar-refractivity contribution in [1.29, 1.82) is 0 Å². The zero-order valence-corrected chi connectivity index (χ0v) is 9.38. The smallest absolute Gasteiger partial charge is 0.221 e. The lowest BCUT2D eigenvalue weighted by Crippen LogP contribution is -2.08. The number of nitrogens with one attached hydrogen (secondary N) is 1. The van der Waals surface area contributed by atoms with Crippen LogP contribution in [0.3, 0.4) is 0 Å². The fourth-order valence-corrected chi connectivity index (χ4v) is 1.45. The Labute approximate surface area is 89.2 Å². The molecule has 0 aromatic heterocycles. The van der Waals surface area contributed by atoms with E-state index in [9.17, 15) is 4.79 Å². The van der Waals surface area contributed by atoms with Gasteiger partial charge in [0.25, 0.3) is 0 Å². The highest BCUT2D eigenvalue weighted by atomic mass is 16.5. The Morgan fingerprint density at radius 1 is 1.27 bits per heavy atom. The van der Waals surface area contributed by atoms with Crippen LogP contribution in [0.1, 0.15) is 12.5 Å². The molecule has 1 amide bonds. The van der Waals surface area contributed by atoms with Crippen molar-refractivity contribution in [2.45, 2.75) is 13.8 Å². The van der Waals surface area contributed by atoms with Gasteiger partial charge < -0.3 is 14.8 Å². The lowest BCUT2D eigenvalue weighted by molar-refractivity contribution is -0.114. The minimum atomic E-state index is -0.127. The Hall–Kier alpha value is -1.71. The molecule has 0 saturated carbocycles. The SMILES string of the molecule is COc1ccc(NC(C)=O)c(OC)c1C. The van der Waals surface area contributed by atoms with Gasteiger partial charge in [-0.05, 0) is 19.1 Å². The van der Waals surface area contributed by atoms with Gasteiger partial charge in [-0.1, -0.05) is 0 Å². The highest BCUT2D eigenvalue weighted by molar-refractivity contribution is 5.91. The molecule has 1 aromatic carbocycles. The van der Waals surface area contributed by atoms with Crippen molar-refractivity contribution in [3.05, 3.63) is 17.7 Å². The topological polar surface area (TPSA) is 47.6 Å². The number of hydrogen-bond donors (Lipinski definition) is 1. The molecule has 0 spiro atoms. The summed E-state index contributed by atoms with van der Waals surface area (Å²) in [4.78, 5) is 10.9. The molecule has 0 fully saturated rings. The number of methoxy groups -OCH3 is 2. The molecule has 4 nitrogen and oxygen atoms in total. The molecule has 1 N–H and O–H groups in total. The maximum Gasteiger partial charge on any atom is 0.221 e. The van der Waals surface area contributed by atoms with Gasteiger partial charge in [0.05, 0.1) is 19.9 Å². The van der Waals surface area contributed by atoms with Gasteiger partial charge in [0.15, 0.2) is 0 Å². The number of ether oxygens (including phenoxy) is 2. The van der Waals surface area contributed by atoms with Crippen LogP contribution < -0.4 is 14.8 Å². The number of amides is 1. The minimum absolute atomic E-state index is 0.127. The van der Waals surface area contributed by atoms with Gasteiger partial charge in [-0.25, -0.2) is 0 Å². The average Bonchev–Trinajstić information content (AvgIpc) is 2.18. The maximum absolute atomic E-state index is 10.9. The first-order chi connectivity index (χ1) is 7.10. The normalized spacial score (nSPS) is 9.60. The lowest BCUT2D eigenvalue weighted by atomic mass is 10.1. The highest BCUT2D eigenvalue weighted by Gasteiger charge is 2.11. The molecule has 0 heterocycles. The second-order valence-corrected chi connectivity index (χ2v) is 3.15. The predicted molar refractivity (Wildman–Crippen MR) is 58.6 cm³/mol. The van der Waals surface area contributed by atoms with Crippen LogP contribution in [0.2, 0.25) is 0 Å². The summed E-state index contributed by atoms with van der Waals surface area (Å²) in [6.07, 6.45) is 0. The van der Waals surface area contributed by atoms with Gasteiger partial charge in [-0.3, -0.25) is 4.79 Å². The van der Waals surface area contributed by atoms with E-state index in [-0.39, 0.29) is 5.91 Å². The van der Waals surface area contributed by atoms with Crippen LogP contribution in [-0.2, 0) is 4.79 Å². The zero-order chi connectivity index (χ0) is 11.4. The monoisotopic (exact) mass is 209 g/mol. The summed E-state index contributed by atoms with van der Waals surface area (Å²) in [5.74, 6) is 1.24. The Morgan fingerprint density at radius 2 is 1.93 bits per heavy atom. The third-order valence-corrected chi connectivity index (χ3v) is 2.09. The van der Waals surface area contributed by atoms with Crippen LogP contribution in [0.15, 0.2) is 12.1 Å². The summed E-state index contributed by atoms with van der Waals surface area (Å²) >= 11 is 0. The maximum atomic E-state index is 10.9. The molecule has 4 heteroatoms. The van der Waals surface area contributed by atoms with E-state index in [0.717, 1.165) is 11.3 Å². The fourth-order valence-electron chi connectivity index (χ4n) is 1.45. The van der Waals surface area contributed by atoms with Crippen LogP contribution in [0.25, 0.3) is 0 Å². The predicted octanol–water partition coefficient (Wildman–Crippen LogP) is 1.97. The van der Waals surface area contributed by atoms with E-state index in [0.29, 0.717) is 11.4 Å². The molecule has 0 aliphatic rings. The molecule has 15 heavy (non-hydrogen) atoms. The van der Waals surface area contributed by atoms with Gasteiger partial charge in [0, 0.05) is 12.5 Å². The Balaban J connectivity index is 3.18. The number of benzene rings is 1. The molecule has 1 rings (SSSR count). The first kappa shape index (κ1) is 11.4. The molecular weight excluding hydrogens is 194 g/mol. The number of carbonyl (C=O) groups excluding carboxylic acids is 1. The van der Waals surface area contributed by atoms with Gasteiger partial charge in [0.2, 0.25) is 5.91 Å². The van der Waals surface area contributed by atoms with Gasteiger partial charge in [0.1, 0.15) is 11.5 Å². The van der Waals surface area contributed by atoms with Crippen LogP contribution in [0, 0.1) is 6.92 Å². The van der Waals surface area contributed by atoms with Crippen LogP contribution >= 0.6 is 0 Å². The summed E-state index contributed by atoms with van der Waals surface area (Å²) in [5.41, 5.74) is 1.52. The van der Waals surface area contributed by atoms with E-state index < -0.39 is 0 Å². The van der Waals surface area contributed by atoms with Crippen LogP contribution in [0.5, 0.6) is 11.5 Å². The van der Waals surface area contributed by atoms with E-state index in [2.05, 4.69) is 5.32 Å². The molecular formula is C11H15NO3. The molecule has 1 aromatic rings. The molecule has 82 valence electrons. The van der Waals surface area contributed by atoms with Gasteiger partial charge >= 0.3 is 0 Å². The number of carbonyl (C=O) groups is 1. The second kappa shape index (κ2) is 4.68. The second-order valence-electron chi connectivity index (χ2n) is 3.15. The van der Waals surface area contributed by atoms with Crippen molar-refractivity contribution in [2.75, 3.05) is 19.5 Å². The zero-order valence-electron chi connectivity index (χ0n) is 9.38. The van der Waals surface area contributed by atoms with Crippen molar-refractivity contribution in [1.82, 2.24) is 0 Å². The Kier molecular flexibility index (Phi) is 3.55. The molecule has 0 unspecified atom stereocenters. The summed E-state index contributed by atoms with van der Waals surface area (Å²) in [6.45, 7) is 3.34.